The number of halogens is 1. The van der Waals surface area contributed by atoms with Gasteiger partial charge in [-0.05, 0) is 36.9 Å². The lowest BCUT2D eigenvalue weighted by Crippen LogP contribution is -2.38. The summed E-state index contributed by atoms with van der Waals surface area (Å²) in [7, 11) is 1.96. The van der Waals surface area contributed by atoms with E-state index in [1.54, 1.807) is 17.5 Å². The van der Waals surface area contributed by atoms with Gasteiger partial charge in [-0.15, -0.1) is 45.5 Å². The van der Waals surface area contributed by atoms with Gasteiger partial charge in [0.15, 0.2) is 11.8 Å². The van der Waals surface area contributed by atoms with E-state index in [0.717, 1.165) is 36.3 Å². The molecule has 0 amide bonds. The normalized spacial score (nSPS) is 11.1. The van der Waals surface area contributed by atoms with Gasteiger partial charge in [0.1, 0.15) is 5.82 Å². The van der Waals surface area contributed by atoms with Gasteiger partial charge in [0.2, 0.25) is 0 Å². The highest BCUT2D eigenvalue weighted by atomic mass is 127. The van der Waals surface area contributed by atoms with Crippen LogP contribution >= 0.6 is 35.3 Å². The highest BCUT2D eigenvalue weighted by molar-refractivity contribution is 14.0. The Kier molecular flexibility index (Phi) is 8.65. The molecule has 3 aromatic rings. The van der Waals surface area contributed by atoms with Gasteiger partial charge >= 0.3 is 0 Å². The first-order valence-corrected chi connectivity index (χ1v) is 9.39. The first-order valence-electron chi connectivity index (χ1n) is 8.51. The molecule has 0 saturated heterocycles. The summed E-state index contributed by atoms with van der Waals surface area (Å²) in [5, 5.41) is 17.1. The van der Waals surface area contributed by atoms with E-state index in [0.29, 0.717) is 13.1 Å². The third kappa shape index (κ3) is 6.58. The quantitative estimate of drug-likeness (QED) is 0.298. The minimum atomic E-state index is 0. The Morgan fingerprint density at radius 3 is 2.74 bits per heavy atom. The molecule has 27 heavy (non-hydrogen) atoms. The van der Waals surface area contributed by atoms with Crippen LogP contribution in [0.1, 0.15) is 22.2 Å². The molecule has 0 aromatic carbocycles. The fourth-order valence-corrected chi connectivity index (χ4v) is 3.06. The molecular weight excluding hydrogens is 473 g/mol. The predicted molar refractivity (Wildman–Crippen MR) is 119 cm³/mol. The van der Waals surface area contributed by atoms with Crippen LogP contribution in [0.15, 0.2) is 46.9 Å². The molecule has 0 saturated carbocycles. The van der Waals surface area contributed by atoms with Crippen molar-refractivity contribution >= 4 is 41.3 Å². The molecule has 0 fully saturated rings. The van der Waals surface area contributed by atoms with Crippen molar-refractivity contribution in [1.82, 2.24) is 30.4 Å². The predicted octanol–water partition coefficient (Wildman–Crippen LogP) is 2.68. The van der Waals surface area contributed by atoms with E-state index < -0.39 is 0 Å². The molecule has 0 atom stereocenters. The van der Waals surface area contributed by atoms with Crippen LogP contribution in [0.5, 0.6) is 0 Å². The third-order valence-electron chi connectivity index (χ3n) is 3.97. The second-order valence-electron chi connectivity index (χ2n) is 5.82. The van der Waals surface area contributed by atoms with Crippen molar-refractivity contribution in [3.05, 3.63) is 64.1 Å². The van der Waals surface area contributed by atoms with E-state index in [9.17, 15) is 0 Å². The zero-order chi connectivity index (χ0) is 18.2. The highest BCUT2D eigenvalue weighted by Crippen LogP contribution is 2.08. The van der Waals surface area contributed by atoms with E-state index in [4.69, 9.17) is 0 Å². The van der Waals surface area contributed by atoms with Crippen LogP contribution in [0.2, 0.25) is 0 Å². The zero-order valence-corrected chi connectivity index (χ0v) is 18.6. The number of rotatable bonds is 7. The molecule has 0 radical (unpaired) electrons. The Morgan fingerprint density at radius 1 is 1.19 bits per heavy atom. The molecule has 2 N–H and O–H groups in total. The van der Waals surface area contributed by atoms with E-state index in [1.807, 2.05) is 36.7 Å². The number of guanidine groups is 1. The number of aryl methyl sites for hydroxylation is 1. The summed E-state index contributed by atoms with van der Waals surface area (Å²) in [6.45, 7) is 3.83. The largest absolute Gasteiger partial charge is 0.356 e. The summed E-state index contributed by atoms with van der Waals surface area (Å²) in [5.41, 5.74) is 0.932. The summed E-state index contributed by atoms with van der Waals surface area (Å²) in [6, 6.07) is 10.1. The number of nitrogens with one attached hydrogen (secondary N) is 2. The van der Waals surface area contributed by atoms with Crippen molar-refractivity contribution in [2.75, 3.05) is 6.54 Å². The monoisotopic (exact) mass is 497 g/mol. The smallest absolute Gasteiger partial charge is 0.192 e. The number of aromatic nitrogens is 4. The van der Waals surface area contributed by atoms with Crippen LogP contribution < -0.4 is 10.6 Å². The minimum Gasteiger partial charge on any atom is -0.356 e. The summed E-state index contributed by atoms with van der Waals surface area (Å²) < 4.78 is 1.97. The number of pyridine rings is 1. The molecular formula is C18H24IN7S. The van der Waals surface area contributed by atoms with Gasteiger partial charge in [0, 0.05) is 24.7 Å². The average Bonchev–Trinajstić information content (AvgIpc) is 3.29. The van der Waals surface area contributed by atoms with Crippen LogP contribution in [0, 0.1) is 6.92 Å². The lowest BCUT2D eigenvalue weighted by Gasteiger charge is -2.12. The first-order chi connectivity index (χ1) is 12.7. The zero-order valence-electron chi connectivity index (χ0n) is 15.4. The lowest BCUT2D eigenvalue weighted by molar-refractivity contribution is 0.713. The molecule has 7 nitrogen and oxygen atoms in total. The van der Waals surface area contributed by atoms with Crippen LogP contribution in [0.3, 0.4) is 0 Å². The number of thiophene rings is 1. The maximum Gasteiger partial charge on any atom is 0.192 e. The first kappa shape index (κ1) is 21.3. The molecule has 0 unspecified atom stereocenters. The van der Waals surface area contributed by atoms with E-state index in [-0.39, 0.29) is 24.0 Å². The molecule has 0 aliphatic heterocycles. The lowest BCUT2D eigenvalue weighted by atomic mass is 10.3. The summed E-state index contributed by atoms with van der Waals surface area (Å²) >= 11 is 1.77. The fourth-order valence-electron chi connectivity index (χ4n) is 2.35. The average molecular weight is 497 g/mol. The second kappa shape index (κ2) is 11.0. The maximum atomic E-state index is 4.64. The van der Waals surface area contributed by atoms with Gasteiger partial charge in [-0.3, -0.25) is 4.98 Å². The van der Waals surface area contributed by atoms with E-state index in [2.05, 4.69) is 48.3 Å². The van der Waals surface area contributed by atoms with Crippen molar-refractivity contribution in [2.45, 2.75) is 26.4 Å². The van der Waals surface area contributed by atoms with E-state index >= 15 is 0 Å². The molecule has 3 rings (SSSR count). The molecule has 0 aliphatic rings. The number of nitrogens with zero attached hydrogens (tertiary/aromatic N) is 5. The summed E-state index contributed by atoms with van der Waals surface area (Å²) in [5.74, 6) is 2.50. The van der Waals surface area contributed by atoms with Gasteiger partial charge in [-0.1, -0.05) is 12.1 Å². The van der Waals surface area contributed by atoms with Crippen molar-refractivity contribution in [1.29, 1.82) is 0 Å². The second-order valence-corrected chi connectivity index (χ2v) is 6.85. The molecule has 0 aliphatic carbocycles. The molecule has 0 spiro atoms. The van der Waals surface area contributed by atoms with Crippen molar-refractivity contribution in [2.24, 2.45) is 12.0 Å². The standard InChI is InChI=1S/C18H23N7S.HI/c1-14-23-24-17(25(14)2)13-22-18(20-10-8-16-7-5-11-26-16)21-12-15-6-3-4-9-19-15;/h3-7,9,11H,8,10,12-13H2,1-2H3,(H2,20,21,22);1H. The van der Waals surface area contributed by atoms with Crippen molar-refractivity contribution in [3.63, 3.8) is 0 Å². The van der Waals surface area contributed by atoms with Crippen molar-refractivity contribution < 1.29 is 0 Å². The van der Waals surface area contributed by atoms with Crippen molar-refractivity contribution in [3.8, 4) is 0 Å². The summed E-state index contributed by atoms with van der Waals surface area (Å²) in [6.07, 6.45) is 2.75. The van der Waals surface area contributed by atoms with E-state index in [1.165, 1.54) is 4.88 Å². The summed E-state index contributed by atoms with van der Waals surface area (Å²) in [4.78, 5) is 10.3. The van der Waals surface area contributed by atoms with Gasteiger partial charge in [0.25, 0.3) is 0 Å². The molecule has 9 heteroatoms. The van der Waals surface area contributed by atoms with Crippen LogP contribution in [0.4, 0.5) is 0 Å². The van der Waals surface area contributed by atoms with Crippen LogP contribution in [-0.2, 0) is 26.6 Å². The molecule has 0 bridgehead atoms. The Balaban J connectivity index is 0.00000261. The van der Waals surface area contributed by atoms with Gasteiger partial charge in [0.05, 0.1) is 18.8 Å². The number of hydrogen-bond acceptors (Lipinski definition) is 5. The topological polar surface area (TPSA) is 80.0 Å². The minimum absolute atomic E-state index is 0. The highest BCUT2D eigenvalue weighted by Gasteiger charge is 2.06. The van der Waals surface area contributed by atoms with Gasteiger partial charge in [-0.2, -0.15) is 0 Å². The number of hydrogen-bond donors (Lipinski definition) is 2. The van der Waals surface area contributed by atoms with Gasteiger partial charge in [-0.25, -0.2) is 4.99 Å². The fraction of sp³-hybridized carbons (Fsp3) is 0.333. The molecule has 144 valence electrons. The Bertz CT molecular complexity index is 831. The number of aliphatic imine (C=N–C) groups is 1. The molecule has 3 heterocycles. The van der Waals surface area contributed by atoms with Crippen LogP contribution in [0.25, 0.3) is 0 Å². The SMILES string of the molecule is Cc1nnc(CNC(=NCc2ccccn2)NCCc2cccs2)n1C.I. The molecule has 3 aromatic heterocycles. The Morgan fingerprint density at radius 2 is 2.07 bits per heavy atom. The van der Waals surface area contributed by atoms with Gasteiger partial charge < -0.3 is 15.2 Å². The Labute approximate surface area is 180 Å². The third-order valence-corrected chi connectivity index (χ3v) is 4.90. The maximum absolute atomic E-state index is 4.64. The Hall–Kier alpha value is -2.01. The van der Waals surface area contributed by atoms with Crippen LogP contribution in [-0.4, -0.2) is 32.3 Å².